The highest BCUT2D eigenvalue weighted by Gasteiger charge is 2.35. The molecular formula is C13H8F3N2O. The third kappa shape index (κ3) is 2.78. The van der Waals surface area contributed by atoms with Gasteiger partial charge in [-0.25, -0.2) is 0 Å². The SMILES string of the molecule is O=[C][C@@H](c1cccnn1)c1ccccc1C(F)(F)F. The molecule has 0 N–H and O–H groups in total. The molecule has 3 nitrogen and oxygen atoms in total. The van der Waals surface area contributed by atoms with E-state index in [1.807, 2.05) is 0 Å². The van der Waals surface area contributed by atoms with Crippen LogP contribution in [0.3, 0.4) is 0 Å². The Morgan fingerprint density at radius 3 is 2.42 bits per heavy atom. The van der Waals surface area contributed by atoms with Crippen LogP contribution in [0.15, 0.2) is 42.6 Å². The van der Waals surface area contributed by atoms with Crippen LogP contribution in [0.25, 0.3) is 0 Å². The van der Waals surface area contributed by atoms with E-state index in [1.54, 1.807) is 6.29 Å². The molecule has 0 aliphatic carbocycles. The lowest BCUT2D eigenvalue weighted by Crippen LogP contribution is -2.14. The quantitative estimate of drug-likeness (QED) is 0.857. The summed E-state index contributed by atoms with van der Waals surface area (Å²) in [5.41, 5.74) is -0.909. The second-order valence-corrected chi connectivity index (χ2v) is 3.78. The fraction of sp³-hybridized carbons (Fsp3) is 0.154. The van der Waals surface area contributed by atoms with Crippen molar-refractivity contribution in [3.63, 3.8) is 0 Å². The van der Waals surface area contributed by atoms with Gasteiger partial charge in [0.1, 0.15) is 0 Å². The summed E-state index contributed by atoms with van der Waals surface area (Å²) >= 11 is 0. The maximum Gasteiger partial charge on any atom is 0.416 e. The highest BCUT2D eigenvalue weighted by Crippen LogP contribution is 2.36. The molecule has 1 atom stereocenters. The molecular weight excluding hydrogens is 257 g/mol. The number of hydrogen-bond donors (Lipinski definition) is 0. The van der Waals surface area contributed by atoms with Crippen molar-refractivity contribution in [1.29, 1.82) is 0 Å². The summed E-state index contributed by atoms with van der Waals surface area (Å²) < 4.78 is 38.7. The Balaban J connectivity index is 2.54. The van der Waals surface area contributed by atoms with Crippen LogP contribution in [0.1, 0.15) is 22.7 Å². The Hall–Kier alpha value is -2.24. The zero-order valence-electron chi connectivity index (χ0n) is 9.56. The number of rotatable bonds is 3. The van der Waals surface area contributed by atoms with Gasteiger partial charge in [0.25, 0.3) is 0 Å². The van der Waals surface area contributed by atoms with E-state index in [-0.39, 0.29) is 11.3 Å². The van der Waals surface area contributed by atoms with Gasteiger partial charge in [0.15, 0.2) is 0 Å². The summed E-state index contributed by atoms with van der Waals surface area (Å²) in [4.78, 5) is 11.0. The molecule has 0 aliphatic rings. The maximum atomic E-state index is 12.9. The zero-order valence-corrected chi connectivity index (χ0v) is 9.56. The predicted molar refractivity (Wildman–Crippen MR) is 61.0 cm³/mol. The van der Waals surface area contributed by atoms with E-state index in [2.05, 4.69) is 10.2 Å². The van der Waals surface area contributed by atoms with Crippen LogP contribution in [-0.2, 0) is 11.0 Å². The van der Waals surface area contributed by atoms with Crippen LogP contribution >= 0.6 is 0 Å². The van der Waals surface area contributed by atoms with Gasteiger partial charge < -0.3 is 0 Å². The predicted octanol–water partition coefficient (Wildman–Crippen LogP) is 2.74. The average molecular weight is 265 g/mol. The number of hydrogen-bond acceptors (Lipinski definition) is 3. The Labute approximate surface area is 107 Å². The largest absolute Gasteiger partial charge is 0.416 e. The molecule has 1 aromatic heterocycles. The molecule has 6 heteroatoms. The Morgan fingerprint density at radius 1 is 1.11 bits per heavy atom. The molecule has 0 aliphatic heterocycles. The van der Waals surface area contributed by atoms with Gasteiger partial charge in [0, 0.05) is 6.20 Å². The number of carbonyl (C=O) groups excluding carboxylic acids is 1. The molecule has 1 radical (unpaired) electrons. The molecule has 2 aromatic rings. The van der Waals surface area contributed by atoms with Gasteiger partial charge in [-0.3, -0.25) is 4.79 Å². The lowest BCUT2D eigenvalue weighted by Gasteiger charge is -2.16. The fourth-order valence-electron chi connectivity index (χ4n) is 1.76. The molecule has 0 saturated heterocycles. The Bertz CT molecular complexity index is 570. The summed E-state index contributed by atoms with van der Waals surface area (Å²) in [6.45, 7) is 0. The highest BCUT2D eigenvalue weighted by atomic mass is 19.4. The molecule has 1 heterocycles. The van der Waals surface area contributed by atoms with Crippen LogP contribution in [0.2, 0.25) is 0 Å². The zero-order chi connectivity index (χ0) is 13.9. The van der Waals surface area contributed by atoms with Crippen molar-refractivity contribution in [2.45, 2.75) is 12.1 Å². The standard InChI is InChI=1S/C13H8F3N2O/c14-13(15,16)11-5-2-1-4-9(11)10(8-19)12-6-3-7-17-18-12/h1-7,10H/t10-/m1/s1. The minimum Gasteiger partial charge on any atom is -0.290 e. The number of nitrogens with zero attached hydrogens (tertiary/aromatic N) is 2. The smallest absolute Gasteiger partial charge is 0.290 e. The van der Waals surface area contributed by atoms with E-state index < -0.39 is 17.7 Å². The minimum atomic E-state index is -4.53. The fourth-order valence-corrected chi connectivity index (χ4v) is 1.76. The van der Waals surface area contributed by atoms with Gasteiger partial charge in [-0.2, -0.15) is 23.4 Å². The molecule has 1 aromatic carbocycles. The summed E-state index contributed by atoms with van der Waals surface area (Å²) in [6.07, 6.45) is -1.56. The number of alkyl halides is 3. The monoisotopic (exact) mass is 265 g/mol. The summed E-state index contributed by atoms with van der Waals surface area (Å²) in [6, 6.07) is 7.82. The molecule has 0 unspecified atom stereocenters. The van der Waals surface area contributed by atoms with Crippen LogP contribution < -0.4 is 0 Å². The van der Waals surface area contributed by atoms with Crippen molar-refractivity contribution in [3.05, 3.63) is 59.4 Å². The summed E-state index contributed by atoms with van der Waals surface area (Å²) in [5.74, 6) is -1.20. The Kier molecular flexibility index (Phi) is 3.59. The summed E-state index contributed by atoms with van der Waals surface area (Å²) in [7, 11) is 0. The van der Waals surface area contributed by atoms with E-state index in [0.29, 0.717) is 0 Å². The first-order valence-electron chi connectivity index (χ1n) is 5.35. The Morgan fingerprint density at radius 2 is 1.84 bits per heavy atom. The second-order valence-electron chi connectivity index (χ2n) is 3.78. The van der Waals surface area contributed by atoms with Crippen LogP contribution in [0.5, 0.6) is 0 Å². The molecule has 0 amide bonds. The van der Waals surface area contributed by atoms with Gasteiger partial charge >= 0.3 is 6.18 Å². The maximum absolute atomic E-state index is 12.9. The van der Waals surface area contributed by atoms with Crippen molar-refractivity contribution in [1.82, 2.24) is 10.2 Å². The van der Waals surface area contributed by atoms with Crippen LogP contribution in [-0.4, -0.2) is 16.5 Å². The van der Waals surface area contributed by atoms with Crippen molar-refractivity contribution >= 4 is 6.29 Å². The highest BCUT2D eigenvalue weighted by molar-refractivity contribution is 5.69. The normalized spacial score (nSPS) is 13.0. The van der Waals surface area contributed by atoms with Crippen LogP contribution in [0, 0.1) is 0 Å². The average Bonchev–Trinajstić information content (AvgIpc) is 2.40. The van der Waals surface area contributed by atoms with E-state index in [1.165, 1.54) is 36.5 Å². The first-order chi connectivity index (χ1) is 9.04. The van der Waals surface area contributed by atoms with Crippen LogP contribution in [0.4, 0.5) is 13.2 Å². The molecule has 0 saturated carbocycles. The van der Waals surface area contributed by atoms with E-state index in [4.69, 9.17) is 0 Å². The molecule has 0 fully saturated rings. The van der Waals surface area contributed by atoms with Gasteiger partial charge in [-0.05, 0) is 23.8 Å². The molecule has 0 bridgehead atoms. The van der Waals surface area contributed by atoms with E-state index in [9.17, 15) is 18.0 Å². The number of aromatic nitrogens is 2. The number of halogens is 3. The van der Waals surface area contributed by atoms with Gasteiger partial charge in [-0.15, -0.1) is 0 Å². The molecule has 97 valence electrons. The van der Waals surface area contributed by atoms with E-state index >= 15 is 0 Å². The minimum absolute atomic E-state index is 0.134. The first-order valence-corrected chi connectivity index (χ1v) is 5.35. The first kappa shape index (κ1) is 13.2. The topological polar surface area (TPSA) is 42.9 Å². The summed E-state index contributed by atoms with van der Waals surface area (Å²) in [5, 5.41) is 7.23. The molecule has 19 heavy (non-hydrogen) atoms. The van der Waals surface area contributed by atoms with Gasteiger partial charge in [0.2, 0.25) is 6.29 Å². The molecule has 0 spiro atoms. The van der Waals surface area contributed by atoms with E-state index in [0.717, 1.165) is 6.07 Å². The second kappa shape index (κ2) is 5.17. The molecule has 2 rings (SSSR count). The lowest BCUT2D eigenvalue weighted by molar-refractivity contribution is -0.138. The van der Waals surface area contributed by atoms with Crippen molar-refractivity contribution < 1.29 is 18.0 Å². The van der Waals surface area contributed by atoms with Gasteiger partial charge in [-0.1, -0.05) is 18.2 Å². The lowest BCUT2D eigenvalue weighted by atomic mass is 9.92. The van der Waals surface area contributed by atoms with Crippen molar-refractivity contribution in [3.8, 4) is 0 Å². The van der Waals surface area contributed by atoms with Gasteiger partial charge in [0.05, 0.1) is 17.2 Å². The van der Waals surface area contributed by atoms with Crippen molar-refractivity contribution in [2.75, 3.05) is 0 Å². The number of benzene rings is 1. The van der Waals surface area contributed by atoms with Crippen molar-refractivity contribution in [2.24, 2.45) is 0 Å². The third-order valence-corrected chi connectivity index (χ3v) is 2.58. The third-order valence-electron chi connectivity index (χ3n) is 2.58.